The van der Waals surface area contributed by atoms with E-state index in [1.807, 2.05) is 13.1 Å². The van der Waals surface area contributed by atoms with Crippen LogP contribution in [-0.4, -0.2) is 34.5 Å². The summed E-state index contributed by atoms with van der Waals surface area (Å²) in [6.45, 7) is 0.975. The Morgan fingerprint density at radius 1 is 1.47 bits per heavy atom. The predicted molar refractivity (Wildman–Crippen MR) is 63.1 cm³/mol. The van der Waals surface area contributed by atoms with E-state index in [9.17, 15) is 0 Å². The minimum atomic E-state index is 0.576. The molecule has 0 aliphatic rings. The van der Waals surface area contributed by atoms with Gasteiger partial charge in [-0.2, -0.15) is 0 Å². The number of alkyl halides is 1. The third-order valence-corrected chi connectivity index (χ3v) is 2.88. The Morgan fingerprint density at radius 2 is 2.33 bits per heavy atom. The lowest BCUT2D eigenvalue weighted by atomic mass is 10.1. The second-order valence-electron chi connectivity index (χ2n) is 3.70. The Hall–Kier alpha value is -1.06. The van der Waals surface area contributed by atoms with E-state index in [0.29, 0.717) is 6.00 Å². The van der Waals surface area contributed by atoms with Gasteiger partial charge in [0.05, 0.1) is 23.4 Å². The van der Waals surface area contributed by atoms with Crippen LogP contribution in [0.25, 0.3) is 11.0 Å². The van der Waals surface area contributed by atoms with Crippen molar-refractivity contribution in [3.05, 3.63) is 30.1 Å². The van der Waals surface area contributed by atoms with Crippen LogP contribution in [0.3, 0.4) is 0 Å². The summed E-state index contributed by atoms with van der Waals surface area (Å²) in [6.07, 6.45) is 2.73. The van der Waals surface area contributed by atoms with Crippen molar-refractivity contribution in [2.45, 2.75) is 6.42 Å². The molecule has 0 aliphatic heterocycles. The lowest BCUT2D eigenvalue weighted by Crippen LogP contribution is -2.19. The zero-order chi connectivity index (χ0) is 10.7. The van der Waals surface area contributed by atoms with Gasteiger partial charge in [0.1, 0.15) is 0 Å². The first-order valence-electron chi connectivity index (χ1n) is 4.96. The molecule has 1 aromatic carbocycles. The highest BCUT2D eigenvalue weighted by molar-refractivity contribution is 6.17. The molecule has 1 aromatic heterocycles. The number of likely N-dealkylation sites (N-methyl/N-ethyl adjacent to an activating group) is 1. The summed E-state index contributed by atoms with van der Waals surface area (Å²) in [5.74, 6) is 0. The van der Waals surface area contributed by atoms with Crippen molar-refractivity contribution >= 4 is 22.6 Å². The summed E-state index contributed by atoms with van der Waals surface area (Å²) in [6, 6.07) is 6.88. The molecule has 0 spiro atoms. The summed E-state index contributed by atoms with van der Waals surface area (Å²) in [5.41, 5.74) is 3.43. The van der Waals surface area contributed by atoms with E-state index in [4.69, 9.17) is 11.6 Å². The molecule has 80 valence electrons. The standard InChI is InChI=1S/C11H14ClN3/c1-15(7-12)5-4-9-2-3-10-11(6-9)14-8-13-10/h2-3,6,8H,4-5,7H2,1H3,(H,13,14). The average Bonchev–Trinajstić information content (AvgIpc) is 2.72. The van der Waals surface area contributed by atoms with Crippen molar-refractivity contribution in [2.75, 3.05) is 19.6 Å². The normalized spacial score (nSPS) is 11.4. The van der Waals surface area contributed by atoms with Crippen LogP contribution in [0.5, 0.6) is 0 Å². The number of imidazole rings is 1. The van der Waals surface area contributed by atoms with Gasteiger partial charge in [0.2, 0.25) is 0 Å². The van der Waals surface area contributed by atoms with Gasteiger partial charge in [0.25, 0.3) is 0 Å². The van der Waals surface area contributed by atoms with Crippen molar-refractivity contribution < 1.29 is 0 Å². The summed E-state index contributed by atoms with van der Waals surface area (Å²) < 4.78 is 0. The number of halogens is 1. The zero-order valence-corrected chi connectivity index (χ0v) is 9.46. The van der Waals surface area contributed by atoms with Gasteiger partial charge >= 0.3 is 0 Å². The Kier molecular flexibility index (Phi) is 3.23. The van der Waals surface area contributed by atoms with Crippen LogP contribution < -0.4 is 0 Å². The van der Waals surface area contributed by atoms with Crippen molar-refractivity contribution in [3.63, 3.8) is 0 Å². The molecular formula is C11H14ClN3. The Labute approximate surface area is 94.1 Å². The van der Waals surface area contributed by atoms with E-state index in [1.54, 1.807) is 6.33 Å². The number of hydrogen-bond donors (Lipinski definition) is 1. The van der Waals surface area contributed by atoms with Gasteiger partial charge in [0, 0.05) is 6.54 Å². The molecule has 0 saturated heterocycles. The molecule has 2 aromatic rings. The van der Waals surface area contributed by atoms with Crippen LogP contribution in [0.2, 0.25) is 0 Å². The Morgan fingerprint density at radius 3 is 3.13 bits per heavy atom. The van der Waals surface area contributed by atoms with Gasteiger partial charge in [-0.3, -0.25) is 4.90 Å². The fourth-order valence-electron chi connectivity index (χ4n) is 1.52. The van der Waals surface area contributed by atoms with Crippen LogP contribution in [0.4, 0.5) is 0 Å². The third kappa shape index (κ3) is 2.49. The maximum Gasteiger partial charge on any atom is 0.0931 e. The minimum Gasteiger partial charge on any atom is -0.345 e. The number of H-pyrrole nitrogens is 1. The van der Waals surface area contributed by atoms with Gasteiger partial charge in [-0.25, -0.2) is 4.98 Å². The summed E-state index contributed by atoms with van der Waals surface area (Å²) in [4.78, 5) is 9.38. The number of hydrogen-bond acceptors (Lipinski definition) is 2. The molecule has 3 nitrogen and oxygen atoms in total. The highest BCUT2D eigenvalue weighted by atomic mass is 35.5. The molecule has 4 heteroatoms. The Balaban J connectivity index is 2.08. The molecule has 0 amide bonds. The van der Waals surface area contributed by atoms with E-state index in [0.717, 1.165) is 24.0 Å². The molecule has 0 bridgehead atoms. The van der Waals surface area contributed by atoms with Gasteiger partial charge in [-0.05, 0) is 31.2 Å². The third-order valence-electron chi connectivity index (χ3n) is 2.47. The summed E-state index contributed by atoms with van der Waals surface area (Å²) in [7, 11) is 2.02. The van der Waals surface area contributed by atoms with E-state index >= 15 is 0 Å². The van der Waals surface area contributed by atoms with E-state index in [1.165, 1.54) is 5.56 Å². The monoisotopic (exact) mass is 223 g/mol. The molecule has 0 aliphatic carbocycles. The second-order valence-corrected chi connectivity index (χ2v) is 3.94. The average molecular weight is 224 g/mol. The zero-order valence-electron chi connectivity index (χ0n) is 8.70. The van der Waals surface area contributed by atoms with E-state index in [-0.39, 0.29) is 0 Å². The second kappa shape index (κ2) is 4.64. The van der Waals surface area contributed by atoms with Crippen LogP contribution in [0, 0.1) is 0 Å². The van der Waals surface area contributed by atoms with E-state index < -0.39 is 0 Å². The maximum absolute atomic E-state index is 5.71. The minimum absolute atomic E-state index is 0.576. The molecule has 1 N–H and O–H groups in total. The number of fused-ring (bicyclic) bond motifs is 1. The molecule has 1 heterocycles. The predicted octanol–water partition coefficient (Wildman–Crippen LogP) is 2.23. The molecule has 15 heavy (non-hydrogen) atoms. The van der Waals surface area contributed by atoms with Crippen LogP contribution >= 0.6 is 11.6 Å². The molecular weight excluding hydrogens is 210 g/mol. The number of aromatic amines is 1. The van der Waals surface area contributed by atoms with Crippen molar-refractivity contribution in [1.29, 1.82) is 0 Å². The molecule has 0 saturated carbocycles. The first kappa shape index (κ1) is 10.5. The fraction of sp³-hybridized carbons (Fsp3) is 0.364. The summed E-state index contributed by atoms with van der Waals surface area (Å²) in [5, 5.41) is 0. The van der Waals surface area contributed by atoms with Crippen LogP contribution in [0.1, 0.15) is 5.56 Å². The SMILES string of the molecule is CN(CCl)CCc1ccc2nc[nH]c2c1. The van der Waals surface area contributed by atoms with Gasteiger partial charge < -0.3 is 4.98 Å². The summed E-state index contributed by atoms with van der Waals surface area (Å²) >= 11 is 5.71. The number of nitrogens with one attached hydrogen (secondary N) is 1. The first-order chi connectivity index (χ1) is 7.29. The van der Waals surface area contributed by atoms with Crippen molar-refractivity contribution in [1.82, 2.24) is 14.9 Å². The van der Waals surface area contributed by atoms with Gasteiger partial charge in [0.15, 0.2) is 0 Å². The highest BCUT2D eigenvalue weighted by Gasteiger charge is 2.00. The first-order valence-corrected chi connectivity index (χ1v) is 5.49. The maximum atomic E-state index is 5.71. The Bertz CT molecular complexity index is 438. The molecule has 0 radical (unpaired) electrons. The molecule has 0 atom stereocenters. The highest BCUT2D eigenvalue weighted by Crippen LogP contribution is 2.12. The number of nitrogens with zero attached hydrogens (tertiary/aromatic N) is 2. The topological polar surface area (TPSA) is 31.9 Å². The van der Waals surface area contributed by atoms with Crippen LogP contribution in [0.15, 0.2) is 24.5 Å². The number of aromatic nitrogens is 2. The lowest BCUT2D eigenvalue weighted by molar-refractivity contribution is 0.394. The molecule has 2 rings (SSSR count). The van der Waals surface area contributed by atoms with Gasteiger partial charge in [-0.1, -0.05) is 6.07 Å². The smallest absolute Gasteiger partial charge is 0.0931 e. The fourth-order valence-corrected chi connectivity index (χ4v) is 1.64. The molecule has 0 fully saturated rings. The van der Waals surface area contributed by atoms with Crippen molar-refractivity contribution in [2.24, 2.45) is 0 Å². The largest absolute Gasteiger partial charge is 0.345 e. The van der Waals surface area contributed by atoms with Crippen molar-refractivity contribution in [3.8, 4) is 0 Å². The van der Waals surface area contributed by atoms with Crippen LogP contribution in [-0.2, 0) is 6.42 Å². The molecule has 0 unspecified atom stereocenters. The quantitative estimate of drug-likeness (QED) is 0.637. The number of benzene rings is 1. The lowest BCUT2D eigenvalue weighted by Gasteiger charge is -2.11. The number of rotatable bonds is 4. The van der Waals surface area contributed by atoms with Gasteiger partial charge in [-0.15, -0.1) is 11.6 Å². The van der Waals surface area contributed by atoms with E-state index in [2.05, 4.69) is 27.0 Å².